The minimum atomic E-state index is -0.0396. The quantitative estimate of drug-likeness (QED) is 0.224. The molecule has 1 saturated heterocycles. The number of fused-ring (bicyclic) bond motifs is 1. The summed E-state index contributed by atoms with van der Waals surface area (Å²) in [7, 11) is 0. The second-order valence-electron chi connectivity index (χ2n) is 13.0. The van der Waals surface area contributed by atoms with Gasteiger partial charge in [0.2, 0.25) is 5.91 Å². The lowest BCUT2D eigenvalue weighted by molar-refractivity contribution is -0.122. The molecule has 1 aliphatic heterocycles. The van der Waals surface area contributed by atoms with E-state index in [2.05, 4.69) is 83.3 Å². The van der Waals surface area contributed by atoms with Crippen molar-refractivity contribution in [3.63, 3.8) is 0 Å². The molecule has 8 heteroatoms. The first kappa shape index (κ1) is 29.6. The Kier molecular flexibility index (Phi) is 8.27. The van der Waals surface area contributed by atoms with Crippen LogP contribution in [0.4, 0.5) is 5.69 Å². The summed E-state index contributed by atoms with van der Waals surface area (Å²) in [6, 6.07) is 25.1. The lowest BCUT2D eigenvalue weighted by atomic mass is 9.87. The molecule has 0 unspecified atom stereocenters. The molecule has 0 bridgehead atoms. The topological polar surface area (TPSA) is 82.1 Å². The van der Waals surface area contributed by atoms with Crippen LogP contribution in [0, 0.1) is 6.92 Å². The third-order valence-electron chi connectivity index (χ3n) is 8.63. The highest BCUT2D eigenvalue weighted by Crippen LogP contribution is 2.30. The van der Waals surface area contributed by atoms with E-state index < -0.39 is 0 Å². The third-order valence-corrected chi connectivity index (χ3v) is 8.63. The highest BCUT2D eigenvalue weighted by molar-refractivity contribution is 5.91. The molecule has 44 heavy (non-hydrogen) atoms. The van der Waals surface area contributed by atoms with Crippen LogP contribution in [-0.4, -0.2) is 56.5 Å². The fourth-order valence-corrected chi connectivity index (χ4v) is 5.99. The molecule has 1 fully saturated rings. The zero-order chi connectivity index (χ0) is 30.8. The van der Waals surface area contributed by atoms with Gasteiger partial charge in [0.25, 0.3) is 0 Å². The molecule has 5 aromatic rings. The average molecular weight is 590 g/mol. The van der Waals surface area contributed by atoms with Gasteiger partial charge in [0.15, 0.2) is 0 Å². The summed E-state index contributed by atoms with van der Waals surface area (Å²) < 4.78 is 1.95. The van der Waals surface area contributed by atoms with Gasteiger partial charge in [-0.05, 0) is 42.5 Å². The van der Waals surface area contributed by atoms with Crippen molar-refractivity contribution in [1.29, 1.82) is 0 Å². The van der Waals surface area contributed by atoms with E-state index in [1.165, 1.54) is 11.3 Å². The molecule has 1 atom stereocenters. The van der Waals surface area contributed by atoms with Crippen molar-refractivity contribution in [3.8, 4) is 11.4 Å². The van der Waals surface area contributed by atoms with Gasteiger partial charge in [0.05, 0.1) is 22.9 Å². The van der Waals surface area contributed by atoms with Crippen LogP contribution >= 0.6 is 0 Å². The second-order valence-corrected chi connectivity index (χ2v) is 13.0. The number of aryl methyl sites for hydroxylation is 1. The fraction of sp³-hybridized carbons (Fsp3) is 0.361. The Morgan fingerprint density at radius 3 is 2.36 bits per heavy atom. The largest absolute Gasteiger partial charge is 0.367 e. The van der Waals surface area contributed by atoms with E-state index in [0.29, 0.717) is 0 Å². The molecule has 0 aliphatic carbocycles. The molecule has 228 valence electrons. The summed E-state index contributed by atoms with van der Waals surface area (Å²) in [6.45, 7) is 15.4. The number of piperazine rings is 1. The van der Waals surface area contributed by atoms with Crippen LogP contribution < -0.4 is 10.2 Å². The lowest BCUT2D eigenvalue weighted by Crippen LogP contribution is -2.46. The molecule has 6 rings (SSSR count). The van der Waals surface area contributed by atoms with Crippen LogP contribution in [0.5, 0.6) is 0 Å². The van der Waals surface area contributed by atoms with E-state index in [0.717, 1.165) is 72.2 Å². The van der Waals surface area contributed by atoms with Crippen LogP contribution in [0.2, 0.25) is 0 Å². The monoisotopic (exact) mass is 589 g/mol. The van der Waals surface area contributed by atoms with Crippen LogP contribution in [0.1, 0.15) is 56.4 Å². The van der Waals surface area contributed by atoms with Crippen molar-refractivity contribution in [2.75, 3.05) is 31.1 Å². The summed E-state index contributed by atoms with van der Waals surface area (Å²) >= 11 is 0. The molecular formula is C36H43N7O. The Bertz CT molecular complexity index is 1720. The van der Waals surface area contributed by atoms with Crippen molar-refractivity contribution in [3.05, 3.63) is 102 Å². The van der Waals surface area contributed by atoms with Gasteiger partial charge in [-0.3, -0.25) is 9.69 Å². The van der Waals surface area contributed by atoms with E-state index in [1.54, 1.807) is 0 Å². The number of imidazole rings is 2. The number of hydrogen-bond acceptors (Lipinski definition) is 5. The van der Waals surface area contributed by atoms with Gasteiger partial charge in [-0.2, -0.15) is 0 Å². The number of rotatable bonds is 8. The molecule has 2 aromatic heterocycles. The number of carbonyl (C=O) groups excluding carboxylic acids is 1. The number of hydrogen-bond donors (Lipinski definition) is 2. The normalized spacial score (nSPS) is 15.1. The van der Waals surface area contributed by atoms with Gasteiger partial charge in [0.1, 0.15) is 23.7 Å². The minimum Gasteiger partial charge on any atom is -0.367 e. The summed E-state index contributed by atoms with van der Waals surface area (Å²) in [6.07, 6.45) is 2.02. The smallest absolute Gasteiger partial charge is 0.240 e. The maximum Gasteiger partial charge on any atom is 0.240 e. The van der Waals surface area contributed by atoms with Crippen molar-refractivity contribution < 1.29 is 4.79 Å². The number of aromatic nitrogens is 4. The molecular weight excluding hydrogens is 546 g/mol. The van der Waals surface area contributed by atoms with Crippen molar-refractivity contribution >= 4 is 22.6 Å². The number of amides is 1. The number of nitrogens with one attached hydrogen (secondary N) is 2. The molecule has 0 spiro atoms. The summed E-state index contributed by atoms with van der Waals surface area (Å²) in [4.78, 5) is 31.0. The van der Waals surface area contributed by atoms with Crippen LogP contribution in [0.25, 0.3) is 22.4 Å². The fourth-order valence-electron chi connectivity index (χ4n) is 5.99. The molecule has 1 amide bonds. The SMILES string of the molecule is Cc1nc(CN2CCN(c3cccc4[nH]c(-c5ccc(C(C)(C)C)cc5)nc34)CC2)cn1CC(=O)N[C@H](C)c1ccccc1. The molecule has 8 nitrogen and oxygen atoms in total. The first-order valence-electron chi connectivity index (χ1n) is 15.6. The Balaban J connectivity index is 1.06. The number of nitrogens with zero attached hydrogens (tertiary/aromatic N) is 5. The lowest BCUT2D eigenvalue weighted by Gasteiger charge is -2.35. The number of para-hydroxylation sites is 1. The Labute approximate surface area is 260 Å². The molecule has 2 N–H and O–H groups in total. The highest BCUT2D eigenvalue weighted by atomic mass is 16.2. The van der Waals surface area contributed by atoms with Gasteiger partial charge in [-0.15, -0.1) is 0 Å². The Morgan fingerprint density at radius 2 is 1.66 bits per heavy atom. The van der Waals surface area contributed by atoms with E-state index >= 15 is 0 Å². The van der Waals surface area contributed by atoms with Gasteiger partial charge >= 0.3 is 0 Å². The Morgan fingerprint density at radius 1 is 0.932 bits per heavy atom. The summed E-state index contributed by atoms with van der Waals surface area (Å²) in [5, 5.41) is 3.10. The molecule has 0 radical (unpaired) electrons. The van der Waals surface area contributed by atoms with E-state index in [9.17, 15) is 4.79 Å². The van der Waals surface area contributed by atoms with E-state index in [1.807, 2.05) is 54.9 Å². The highest BCUT2D eigenvalue weighted by Gasteiger charge is 2.22. The maximum atomic E-state index is 12.8. The zero-order valence-electron chi connectivity index (χ0n) is 26.5. The van der Waals surface area contributed by atoms with Crippen LogP contribution in [0.15, 0.2) is 79.0 Å². The summed E-state index contributed by atoms with van der Waals surface area (Å²) in [5.74, 6) is 1.75. The van der Waals surface area contributed by atoms with Gasteiger partial charge in [-0.25, -0.2) is 9.97 Å². The minimum absolute atomic E-state index is 0.0142. The molecule has 0 saturated carbocycles. The van der Waals surface area contributed by atoms with Gasteiger partial charge in [0, 0.05) is 44.5 Å². The number of anilines is 1. The zero-order valence-corrected chi connectivity index (χ0v) is 26.5. The van der Waals surface area contributed by atoms with E-state index in [-0.39, 0.29) is 23.9 Å². The maximum absolute atomic E-state index is 12.8. The first-order valence-corrected chi connectivity index (χ1v) is 15.6. The first-order chi connectivity index (χ1) is 21.1. The summed E-state index contributed by atoms with van der Waals surface area (Å²) in [5.41, 5.74) is 7.88. The van der Waals surface area contributed by atoms with Crippen LogP contribution in [-0.2, 0) is 23.3 Å². The number of benzene rings is 3. The number of carbonyl (C=O) groups is 1. The van der Waals surface area contributed by atoms with Crippen LogP contribution in [0.3, 0.4) is 0 Å². The van der Waals surface area contributed by atoms with Gasteiger partial charge < -0.3 is 19.8 Å². The average Bonchev–Trinajstić information content (AvgIpc) is 3.60. The predicted octanol–water partition coefficient (Wildman–Crippen LogP) is 6.23. The number of aromatic amines is 1. The second kappa shape index (κ2) is 12.3. The van der Waals surface area contributed by atoms with E-state index in [4.69, 9.17) is 9.97 Å². The molecule has 3 heterocycles. The van der Waals surface area contributed by atoms with Crippen molar-refractivity contribution in [2.24, 2.45) is 0 Å². The molecule has 1 aliphatic rings. The Hall–Kier alpha value is -4.43. The molecule has 3 aromatic carbocycles. The van der Waals surface area contributed by atoms with Crippen molar-refractivity contribution in [2.45, 2.75) is 59.2 Å². The predicted molar refractivity (Wildman–Crippen MR) is 178 cm³/mol. The van der Waals surface area contributed by atoms with Gasteiger partial charge in [-0.1, -0.05) is 81.4 Å². The standard InChI is InChI=1S/C36H43N7O/c1-25(27-10-7-6-8-11-27)37-33(44)24-43-23-30(38-26(43)2)22-41-18-20-42(21-19-41)32-13-9-12-31-34(32)40-35(39-31)28-14-16-29(17-15-28)36(3,4)5/h6-17,23,25H,18-22,24H2,1-5H3,(H,37,44)(H,39,40)/t25-/m1/s1. The third kappa shape index (κ3) is 6.55. The number of H-pyrrole nitrogens is 1. The van der Waals surface area contributed by atoms with Crippen molar-refractivity contribution in [1.82, 2.24) is 29.7 Å².